The van der Waals surface area contributed by atoms with Crippen LogP contribution in [0.1, 0.15) is 12.8 Å². The lowest BCUT2D eigenvalue weighted by Gasteiger charge is -2.10. The lowest BCUT2D eigenvalue weighted by Crippen LogP contribution is -2.13. The molecule has 1 aromatic heterocycles. The van der Waals surface area contributed by atoms with Crippen LogP contribution in [0.2, 0.25) is 0 Å². The number of rotatable bonds is 5. The zero-order chi connectivity index (χ0) is 14.7. The lowest BCUT2D eigenvalue weighted by molar-refractivity contribution is -0.117. The maximum absolute atomic E-state index is 11.7. The Morgan fingerprint density at radius 2 is 2.05 bits per heavy atom. The summed E-state index contributed by atoms with van der Waals surface area (Å²) in [6, 6.07) is 11.3. The van der Waals surface area contributed by atoms with Gasteiger partial charge in [-0.3, -0.25) is 4.79 Å². The molecule has 1 aliphatic rings. The van der Waals surface area contributed by atoms with Gasteiger partial charge >= 0.3 is 0 Å². The summed E-state index contributed by atoms with van der Waals surface area (Å²) in [5, 5.41) is 6.05. The van der Waals surface area contributed by atoms with Gasteiger partial charge in [0.05, 0.1) is 24.7 Å². The van der Waals surface area contributed by atoms with Crippen molar-refractivity contribution in [1.82, 2.24) is 4.98 Å². The van der Waals surface area contributed by atoms with E-state index in [9.17, 15) is 4.79 Å². The van der Waals surface area contributed by atoms with Crippen molar-refractivity contribution in [2.75, 3.05) is 17.7 Å². The van der Waals surface area contributed by atoms with Crippen molar-refractivity contribution in [3.63, 3.8) is 0 Å². The second-order valence-corrected chi connectivity index (χ2v) is 5.02. The molecule has 1 fully saturated rings. The molecule has 0 radical (unpaired) electrons. The number of hydrogen-bond donors (Lipinski definition) is 2. The molecular formula is C16H17N3O2. The summed E-state index contributed by atoms with van der Waals surface area (Å²) in [5.74, 6) is 1.73. The molecule has 1 amide bonds. The van der Waals surface area contributed by atoms with Gasteiger partial charge in [-0.2, -0.15) is 0 Å². The molecule has 2 N–H and O–H groups in total. The van der Waals surface area contributed by atoms with Gasteiger partial charge in [0.25, 0.3) is 0 Å². The van der Waals surface area contributed by atoms with Crippen molar-refractivity contribution in [1.29, 1.82) is 0 Å². The van der Waals surface area contributed by atoms with Crippen molar-refractivity contribution < 1.29 is 9.53 Å². The van der Waals surface area contributed by atoms with Gasteiger partial charge in [0.1, 0.15) is 11.6 Å². The summed E-state index contributed by atoms with van der Waals surface area (Å²) in [5.41, 5.74) is 1.57. The molecule has 0 atom stereocenters. The van der Waals surface area contributed by atoms with Gasteiger partial charge in [0.15, 0.2) is 0 Å². The van der Waals surface area contributed by atoms with Crippen LogP contribution in [0.15, 0.2) is 42.6 Å². The molecule has 0 bridgehead atoms. The van der Waals surface area contributed by atoms with Crippen LogP contribution in [-0.2, 0) is 4.79 Å². The first-order valence-electron chi connectivity index (χ1n) is 6.93. The smallest absolute Gasteiger partial charge is 0.227 e. The lowest BCUT2D eigenvalue weighted by atomic mass is 10.3. The van der Waals surface area contributed by atoms with Gasteiger partial charge < -0.3 is 15.4 Å². The number of ether oxygens (including phenoxy) is 1. The molecule has 0 unspecified atom stereocenters. The van der Waals surface area contributed by atoms with Crippen LogP contribution in [0.5, 0.6) is 5.75 Å². The van der Waals surface area contributed by atoms with Crippen LogP contribution in [0, 0.1) is 5.92 Å². The Hall–Kier alpha value is -2.56. The van der Waals surface area contributed by atoms with E-state index in [1.165, 1.54) is 0 Å². The van der Waals surface area contributed by atoms with E-state index in [1.54, 1.807) is 13.3 Å². The molecule has 108 valence electrons. The molecule has 5 heteroatoms. The highest BCUT2D eigenvalue weighted by molar-refractivity contribution is 5.93. The molecule has 5 nitrogen and oxygen atoms in total. The van der Waals surface area contributed by atoms with Crippen LogP contribution in [0.25, 0.3) is 0 Å². The Bertz CT molecular complexity index is 636. The number of nitrogens with zero attached hydrogens (tertiary/aromatic N) is 1. The van der Waals surface area contributed by atoms with Gasteiger partial charge in [0.2, 0.25) is 5.91 Å². The maximum Gasteiger partial charge on any atom is 0.227 e. The second kappa shape index (κ2) is 5.83. The van der Waals surface area contributed by atoms with Gasteiger partial charge in [0, 0.05) is 5.92 Å². The molecule has 3 rings (SSSR count). The zero-order valence-corrected chi connectivity index (χ0v) is 11.8. The molecule has 1 saturated carbocycles. The highest BCUT2D eigenvalue weighted by Gasteiger charge is 2.29. The third-order valence-corrected chi connectivity index (χ3v) is 3.35. The topological polar surface area (TPSA) is 63.2 Å². The van der Waals surface area contributed by atoms with E-state index in [0.29, 0.717) is 5.82 Å². The van der Waals surface area contributed by atoms with E-state index in [2.05, 4.69) is 15.6 Å². The van der Waals surface area contributed by atoms with Gasteiger partial charge in [-0.1, -0.05) is 12.1 Å². The minimum absolute atomic E-state index is 0.0854. The predicted molar refractivity (Wildman–Crippen MR) is 81.9 cm³/mol. The van der Waals surface area contributed by atoms with Gasteiger partial charge in [-0.25, -0.2) is 4.98 Å². The summed E-state index contributed by atoms with van der Waals surface area (Å²) in [4.78, 5) is 16.0. The number of para-hydroxylation sites is 2. The quantitative estimate of drug-likeness (QED) is 0.884. The van der Waals surface area contributed by atoms with E-state index < -0.39 is 0 Å². The van der Waals surface area contributed by atoms with E-state index in [0.717, 1.165) is 30.0 Å². The number of carbonyl (C=O) groups excluding carboxylic acids is 1. The molecule has 0 aliphatic heterocycles. The first-order valence-corrected chi connectivity index (χ1v) is 6.93. The highest BCUT2D eigenvalue weighted by Crippen LogP contribution is 2.30. The summed E-state index contributed by atoms with van der Waals surface area (Å²) in [6.45, 7) is 0. The first-order chi connectivity index (χ1) is 10.3. The minimum atomic E-state index is 0.0854. The fraction of sp³-hybridized carbons (Fsp3) is 0.250. The zero-order valence-electron chi connectivity index (χ0n) is 11.8. The molecule has 0 saturated heterocycles. The number of amides is 1. The van der Waals surface area contributed by atoms with E-state index in [1.807, 2.05) is 36.4 Å². The van der Waals surface area contributed by atoms with Crippen LogP contribution in [0.4, 0.5) is 17.2 Å². The van der Waals surface area contributed by atoms with Gasteiger partial charge in [-0.15, -0.1) is 0 Å². The van der Waals surface area contributed by atoms with Gasteiger partial charge in [-0.05, 0) is 37.1 Å². The molecule has 21 heavy (non-hydrogen) atoms. The fourth-order valence-corrected chi connectivity index (χ4v) is 2.02. The number of pyridine rings is 1. The Kier molecular flexibility index (Phi) is 3.73. The Morgan fingerprint density at radius 1 is 1.24 bits per heavy atom. The van der Waals surface area contributed by atoms with Crippen molar-refractivity contribution in [2.45, 2.75) is 12.8 Å². The monoisotopic (exact) mass is 283 g/mol. The van der Waals surface area contributed by atoms with Crippen LogP contribution in [-0.4, -0.2) is 18.0 Å². The molecule has 1 aromatic carbocycles. The summed E-state index contributed by atoms with van der Waals surface area (Å²) in [6.07, 6.45) is 3.64. The number of nitrogens with one attached hydrogen (secondary N) is 2. The van der Waals surface area contributed by atoms with Crippen LogP contribution >= 0.6 is 0 Å². The Balaban J connectivity index is 1.67. The van der Waals surface area contributed by atoms with E-state index in [4.69, 9.17) is 4.74 Å². The predicted octanol–water partition coefficient (Wildman–Crippen LogP) is 3.18. The average molecular weight is 283 g/mol. The third kappa shape index (κ3) is 3.31. The Morgan fingerprint density at radius 3 is 2.71 bits per heavy atom. The SMILES string of the molecule is COc1ccccc1Nc1ccc(NC(=O)C2CC2)cn1. The standard InChI is InChI=1S/C16H17N3O2/c1-21-14-5-3-2-4-13(14)19-15-9-8-12(10-17-15)18-16(20)11-6-7-11/h2-5,8-11H,6-7H2,1H3,(H,17,19)(H,18,20). The minimum Gasteiger partial charge on any atom is -0.495 e. The Labute approximate surface area is 123 Å². The number of carbonyl (C=O) groups is 1. The second-order valence-electron chi connectivity index (χ2n) is 5.02. The summed E-state index contributed by atoms with van der Waals surface area (Å²) in [7, 11) is 1.63. The third-order valence-electron chi connectivity index (χ3n) is 3.35. The number of anilines is 3. The van der Waals surface area contributed by atoms with Crippen molar-refractivity contribution in [3.8, 4) is 5.75 Å². The molecule has 2 aromatic rings. The number of methoxy groups -OCH3 is 1. The summed E-state index contributed by atoms with van der Waals surface area (Å²) >= 11 is 0. The summed E-state index contributed by atoms with van der Waals surface area (Å²) < 4.78 is 5.28. The average Bonchev–Trinajstić information content (AvgIpc) is 3.34. The fourth-order valence-electron chi connectivity index (χ4n) is 2.02. The van der Waals surface area contributed by atoms with E-state index in [-0.39, 0.29) is 11.8 Å². The van der Waals surface area contributed by atoms with Crippen LogP contribution in [0.3, 0.4) is 0 Å². The van der Waals surface area contributed by atoms with Crippen molar-refractivity contribution in [3.05, 3.63) is 42.6 Å². The molecule has 1 heterocycles. The molecule has 1 aliphatic carbocycles. The number of benzene rings is 1. The van der Waals surface area contributed by atoms with Crippen molar-refractivity contribution in [2.24, 2.45) is 5.92 Å². The highest BCUT2D eigenvalue weighted by atomic mass is 16.5. The van der Waals surface area contributed by atoms with Crippen LogP contribution < -0.4 is 15.4 Å². The maximum atomic E-state index is 11.7. The largest absolute Gasteiger partial charge is 0.495 e. The number of hydrogen-bond acceptors (Lipinski definition) is 4. The van der Waals surface area contributed by atoms with Crippen molar-refractivity contribution >= 4 is 23.1 Å². The first kappa shape index (κ1) is 13.4. The van der Waals surface area contributed by atoms with E-state index >= 15 is 0 Å². The normalized spacial score (nSPS) is 13.6. The molecular weight excluding hydrogens is 266 g/mol. The number of aromatic nitrogens is 1. The molecule has 0 spiro atoms.